The lowest BCUT2D eigenvalue weighted by Crippen LogP contribution is -2.42. The molecule has 30 heavy (non-hydrogen) atoms. The lowest BCUT2D eigenvalue weighted by atomic mass is 10.0. The molecule has 3 heterocycles. The maximum atomic E-state index is 13.0. The molecule has 7 nitrogen and oxygen atoms in total. The van der Waals surface area contributed by atoms with Crippen LogP contribution in [0.2, 0.25) is 0 Å². The molecule has 0 unspecified atom stereocenters. The molecule has 1 amide bonds. The summed E-state index contributed by atoms with van der Waals surface area (Å²) >= 11 is 1.55. The molecule has 0 radical (unpaired) electrons. The highest BCUT2D eigenvalue weighted by atomic mass is 32.1. The molecule has 156 valence electrons. The first-order valence-corrected chi connectivity index (χ1v) is 10.8. The van der Waals surface area contributed by atoms with Gasteiger partial charge in [-0.1, -0.05) is 12.1 Å². The van der Waals surface area contributed by atoms with Crippen molar-refractivity contribution in [3.05, 3.63) is 63.3 Å². The van der Waals surface area contributed by atoms with Gasteiger partial charge in [-0.15, -0.1) is 0 Å². The van der Waals surface area contributed by atoms with Gasteiger partial charge in [0.25, 0.3) is 11.5 Å². The molecule has 0 bridgehead atoms. The molecule has 1 atom stereocenters. The van der Waals surface area contributed by atoms with Crippen molar-refractivity contribution in [2.24, 2.45) is 0 Å². The van der Waals surface area contributed by atoms with Gasteiger partial charge in [0.15, 0.2) is 18.1 Å². The van der Waals surface area contributed by atoms with Gasteiger partial charge in [0.1, 0.15) is 5.82 Å². The number of aromatic nitrogens is 2. The van der Waals surface area contributed by atoms with Crippen LogP contribution in [0.4, 0.5) is 0 Å². The third-order valence-electron chi connectivity index (χ3n) is 5.14. The zero-order valence-corrected chi connectivity index (χ0v) is 17.5. The van der Waals surface area contributed by atoms with Crippen LogP contribution in [-0.2, 0) is 4.79 Å². The van der Waals surface area contributed by atoms with Crippen LogP contribution in [0, 0.1) is 0 Å². The largest absolute Gasteiger partial charge is 0.493 e. The topological polar surface area (TPSA) is 84.5 Å². The van der Waals surface area contributed by atoms with E-state index in [0.29, 0.717) is 29.6 Å². The third-order valence-corrected chi connectivity index (χ3v) is 5.82. The average Bonchev–Trinajstić information content (AvgIpc) is 3.32. The molecular formula is C22H23N3O4S. The summed E-state index contributed by atoms with van der Waals surface area (Å²) in [4.78, 5) is 34.5. The Labute approximate surface area is 178 Å². The zero-order chi connectivity index (χ0) is 20.9. The highest BCUT2D eigenvalue weighted by Gasteiger charge is 2.30. The molecule has 1 aromatic carbocycles. The van der Waals surface area contributed by atoms with E-state index >= 15 is 0 Å². The molecule has 1 fully saturated rings. The maximum Gasteiger partial charge on any atom is 0.261 e. The smallest absolute Gasteiger partial charge is 0.261 e. The minimum atomic E-state index is -0.279. The molecule has 1 aliphatic rings. The minimum absolute atomic E-state index is 0.106. The van der Waals surface area contributed by atoms with Gasteiger partial charge in [-0.25, -0.2) is 4.98 Å². The summed E-state index contributed by atoms with van der Waals surface area (Å²) in [5.41, 5.74) is 1.31. The van der Waals surface area contributed by atoms with E-state index in [1.807, 2.05) is 29.0 Å². The molecule has 0 saturated carbocycles. The Hall–Kier alpha value is -3.13. The lowest BCUT2D eigenvalue weighted by Gasteiger charge is -2.35. The molecule has 4 rings (SSSR count). The van der Waals surface area contributed by atoms with E-state index in [1.54, 1.807) is 35.5 Å². The maximum absolute atomic E-state index is 13.0. The summed E-state index contributed by atoms with van der Waals surface area (Å²) in [6, 6.07) is 10.4. The van der Waals surface area contributed by atoms with Gasteiger partial charge in [0.05, 0.1) is 18.8 Å². The van der Waals surface area contributed by atoms with E-state index in [4.69, 9.17) is 9.47 Å². The first-order valence-electron chi connectivity index (χ1n) is 9.85. The van der Waals surface area contributed by atoms with Crippen molar-refractivity contribution in [3.63, 3.8) is 0 Å². The number of benzene rings is 1. The molecule has 8 heteroatoms. The van der Waals surface area contributed by atoms with Crippen LogP contribution in [0.25, 0.3) is 11.3 Å². The molecule has 0 spiro atoms. The number of H-pyrrole nitrogens is 1. The fourth-order valence-corrected chi connectivity index (χ4v) is 4.32. The summed E-state index contributed by atoms with van der Waals surface area (Å²) in [5, 5.41) is 3.90. The van der Waals surface area contributed by atoms with E-state index in [2.05, 4.69) is 9.97 Å². The summed E-state index contributed by atoms with van der Waals surface area (Å²) < 4.78 is 11.0. The number of piperidine rings is 1. The first-order chi connectivity index (χ1) is 14.7. The fourth-order valence-electron chi connectivity index (χ4n) is 3.67. The number of nitrogens with zero attached hydrogens (tertiary/aromatic N) is 2. The SMILES string of the molecule is COc1ccccc1OCC(=O)N1CCCC[C@@H]1c1nc(-c2ccsc2)cc(=O)[nH]1. The molecule has 0 aliphatic carbocycles. The predicted octanol–water partition coefficient (Wildman–Crippen LogP) is 3.64. The van der Waals surface area contributed by atoms with Crippen molar-refractivity contribution < 1.29 is 14.3 Å². The van der Waals surface area contributed by atoms with Gasteiger partial charge in [-0.05, 0) is 42.8 Å². The van der Waals surface area contributed by atoms with Crippen LogP contribution in [0.15, 0.2) is 52.0 Å². The number of hydrogen-bond acceptors (Lipinski definition) is 6. The summed E-state index contributed by atoms with van der Waals surface area (Å²) in [6.45, 7) is 0.497. The summed E-state index contributed by atoms with van der Waals surface area (Å²) in [5.74, 6) is 1.48. The monoisotopic (exact) mass is 425 g/mol. The number of rotatable bonds is 6. The Morgan fingerprint density at radius 2 is 2.10 bits per heavy atom. The van der Waals surface area contributed by atoms with Gasteiger partial charge in [-0.3, -0.25) is 9.59 Å². The van der Waals surface area contributed by atoms with Crippen molar-refractivity contribution in [2.45, 2.75) is 25.3 Å². The highest BCUT2D eigenvalue weighted by molar-refractivity contribution is 7.08. The number of hydrogen-bond donors (Lipinski definition) is 1. The first kappa shape index (κ1) is 20.2. The standard InChI is InChI=1S/C22H23N3O4S/c1-28-18-7-2-3-8-19(18)29-13-21(27)25-10-5-4-6-17(25)22-23-16(12-20(26)24-22)15-9-11-30-14-15/h2-3,7-9,11-12,14,17H,4-6,10,13H2,1H3,(H,23,24,26)/t17-/m1/s1. The Balaban J connectivity index is 1.54. The number of thiophene rings is 1. The number of ether oxygens (including phenoxy) is 2. The number of carbonyl (C=O) groups is 1. The van der Waals surface area contributed by atoms with E-state index in [0.717, 1.165) is 24.8 Å². The van der Waals surface area contributed by atoms with Crippen molar-refractivity contribution in [1.29, 1.82) is 0 Å². The number of amides is 1. The van der Waals surface area contributed by atoms with Gasteiger partial charge in [-0.2, -0.15) is 11.3 Å². The summed E-state index contributed by atoms with van der Waals surface area (Å²) in [7, 11) is 1.56. The molecule has 1 saturated heterocycles. The Morgan fingerprint density at radius 1 is 1.27 bits per heavy atom. The Morgan fingerprint density at radius 3 is 2.87 bits per heavy atom. The van der Waals surface area contributed by atoms with Crippen molar-refractivity contribution in [2.75, 3.05) is 20.3 Å². The number of para-hydroxylation sites is 2. The van der Waals surface area contributed by atoms with Crippen LogP contribution < -0.4 is 15.0 Å². The van der Waals surface area contributed by atoms with E-state index in [1.165, 1.54) is 6.07 Å². The molecular weight excluding hydrogens is 402 g/mol. The number of nitrogens with one attached hydrogen (secondary N) is 1. The zero-order valence-electron chi connectivity index (χ0n) is 16.7. The molecule has 1 N–H and O–H groups in total. The van der Waals surface area contributed by atoms with Crippen LogP contribution >= 0.6 is 11.3 Å². The number of methoxy groups -OCH3 is 1. The Bertz CT molecular complexity index is 1060. The van der Waals surface area contributed by atoms with E-state index in [9.17, 15) is 9.59 Å². The van der Waals surface area contributed by atoms with E-state index < -0.39 is 0 Å². The van der Waals surface area contributed by atoms with Gasteiger partial charge in [0.2, 0.25) is 0 Å². The highest BCUT2D eigenvalue weighted by Crippen LogP contribution is 2.31. The van der Waals surface area contributed by atoms with Crippen LogP contribution in [0.5, 0.6) is 11.5 Å². The van der Waals surface area contributed by atoms with Gasteiger partial charge >= 0.3 is 0 Å². The lowest BCUT2D eigenvalue weighted by molar-refractivity contribution is -0.137. The second-order valence-electron chi connectivity index (χ2n) is 7.07. The van der Waals surface area contributed by atoms with Crippen LogP contribution in [0.1, 0.15) is 31.1 Å². The van der Waals surface area contributed by atoms with Crippen LogP contribution in [-0.4, -0.2) is 41.0 Å². The number of carbonyl (C=O) groups excluding carboxylic acids is 1. The average molecular weight is 426 g/mol. The molecule has 2 aromatic heterocycles. The molecule has 1 aliphatic heterocycles. The summed E-state index contributed by atoms with van der Waals surface area (Å²) in [6.07, 6.45) is 2.62. The fraction of sp³-hybridized carbons (Fsp3) is 0.318. The second kappa shape index (κ2) is 9.13. The molecule has 3 aromatic rings. The van der Waals surface area contributed by atoms with Gasteiger partial charge < -0.3 is 19.4 Å². The quantitative estimate of drug-likeness (QED) is 0.652. The van der Waals surface area contributed by atoms with Gasteiger partial charge in [0, 0.05) is 23.6 Å². The second-order valence-corrected chi connectivity index (χ2v) is 7.85. The minimum Gasteiger partial charge on any atom is -0.493 e. The van der Waals surface area contributed by atoms with E-state index in [-0.39, 0.29) is 24.1 Å². The van der Waals surface area contributed by atoms with Crippen molar-refractivity contribution in [1.82, 2.24) is 14.9 Å². The number of aromatic amines is 1. The normalized spacial score (nSPS) is 16.3. The number of likely N-dealkylation sites (tertiary alicyclic amines) is 1. The third kappa shape index (κ3) is 4.38. The Kier molecular flexibility index (Phi) is 6.13. The predicted molar refractivity (Wildman–Crippen MR) is 115 cm³/mol. The van der Waals surface area contributed by atoms with Crippen molar-refractivity contribution in [3.8, 4) is 22.8 Å². The van der Waals surface area contributed by atoms with Crippen LogP contribution in [0.3, 0.4) is 0 Å². The van der Waals surface area contributed by atoms with Crippen molar-refractivity contribution >= 4 is 17.2 Å².